The summed E-state index contributed by atoms with van der Waals surface area (Å²) in [7, 11) is 0. The molecule has 0 aromatic carbocycles. The first kappa shape index (κ1) is 14.9. The second kappa shape index (κ2) is 7.31. The minimum atomic E-state index is -0.599. The van der Waals surface area contributed by atoms with Gasteiger partial charge in [-0.25, -0.2) is 0 Å². The Hall–Kier alpha value is -0.160. The average Bonchev–Trinajstić information content (AvgIpc) is 2.30. The Morgan fingerprint density at radius 1 is 1.29 bits per heavy atom. The van der Waals surface area contributed by atoms with E-state index in [0.29, 0.717) is 18.9 Å². The first-order valence-corrected chi connectivity index (χ1v) is 6.85. The van der Waals surface area contributed by atoms with Gasteiger partial charge in [0.25, 0.3) is 0 Å². The number of aliphatic hydroxyl groups excluding tert-OH is 2. The van der Waals surface area contributed by atoms with Crippen molar-refractivity contribution in [2.24, 2.45) is 22.8 Å². The fourth-order valence-corrected chi connectivity index (χ4v) is 3.45. The lowest BCUT2D eigenvalue weighted by atomic mass is 9.64. The zero-order chi connectivity index (χ0) is 12.7. The zero-order valence-corrected chi connectivity index (χ0v) is 10.8. The van der Waals surface area contributed by atoms with E-state index in [9.17, 15) is 5.11 Å². The number of hydrogen-bond acceptors (Lipinski definition) is 4. The Balaban J connectivity index is 2.61. The molecule has 3 unspecified atom stereocenters. The summed E-state index contributed by atoms with van der Waals surface area (Å²) >= 11 is 0. The van der Waals surface area contributed by atoms with Gasteiger partial charge in [-0.15, -0.1) is 0 Å². The summed E-state index contributed by atoms with van der Waals surface area (Å²) in [5.74, 6) is 0.672. The van der Waals surface area contributed by atoms with Crippen LogP contribution in [0, 0.1) is 11.3 Å². The summed E-state index contributed by atoms with van der Waals surface area (Å²) < 4.78 is 0. The predicted molar refractivity (Wildman–Crippen MR) is 69.4 cm³/mol. The first-order valence-electron chi connectivity index (χ1n) is 6.85. The molecular weight excluding hydrogens is 216 g/mol. The van der Waals surface area contributed by atoms with Crippen molar-refractivity contribution in [3.63, 3.8) is 0 Å². The molecule has 3 atom stereocenters. The van der Waals surface area contributed by atoms with Crippen LogP contribution in [0.5, 0.6) is 0 Å². The zero-order valence-electron chi connectivity index (χ0n) is 10.8. The van der Waals surface area contributed by atoms with Gasteiger partial charge in [-0.05, 0) is 56.5 Å². The van der Waals surface area contributed by atoms with Crippen molar-refractivity contribution in [2.75, 3.05) is 19.7 Å². The molecule has 1 rings (SSSR count). The maximum atomic E-state index is 9.70. The topological polar surface area (TPSA) is 92.5 Å². The monoisotopic (exact) mass is 244 g/mol. The van der Waals surface area contributed by atoms with E-state index in [4.69, 9.17) is 16.6 Å². The molecule has 6 N–H and O–H groups in total. The third kappa shape index (κ3) is 4.54. The molecule has 0 radical (unpaired) electrons. The second-order valence-electron chi connectivity index (χ2n) is 5.62. The summed E-state index contributed by atoms with van der Waals surface area (Å²) in [6.07, 6.45) is 6.79. The molecule has 0 bridgehead atoms. The van der Waals surface area contributed by atoms with Gasteiger partial charge in [0.15, 0.2) is 0 Å². The van der Waals surface area contributed by atoms with E-state index in [2.05, 4.69) is 0 Å². The van der Waals surface area contributed by atoms with Crippen molar-refractivity contribution in [2.45, 2.75) is 51.0 Å². The summed E-state index contributed by atoms with van der Waals surface area (Å²) in [5, 5.41) is 18.7. The van der Waals surface area contributed by atoms with E-state index in [-0.39, 0.29) is 12.0 Å². The number of hydrogen-bond donors (Lipinski definition) is 4. The average molecular weight is 244 g/mol. The summed E-state index contributed by atoms with van der Waals surface area (Å²) in [4.78, 5) is 0. The van der Waals surface area contributed by atoms with Crippen LogP contribution in [0.15, 0.2) is 0 Å². The van der Waals surface area contributed by atoms with Crippen molar-refractivity contribution < 1.29 is 10.2 Å². The summed E-state index contributed by atoms with van der Waals surface area (Å²) in [6.45, 7) is 1.26. The molecule has 4 heteroatoms. The molecule has 17 heavy (non-hydrogen) atoms. The second-order valence-corrected chi connectivity index (χ2v) is 5.62. The lowest BCUT2D eigenvalue weighted by Crippen LogP contribution is -2.36. The Labute approximate surface area is 104 Å². The van der Waals surface area contributed by atoms with Crippen LogP contribution >= 0.6 is 0 Å². The molecule has 0 aliphatic heterocycles. The highest BCUT2D eigenvalue weighted by Gasteiger charge is 2.36. The lowest BCUT2D eigenvalue weighted by Gasteiger charge is -2.42. The van der Waals surface area contributed by atoms with Gasteiger partial charge in [0, 0.05) is 0 Å². The molecule has 0 aromatic heterocycles. The Kier molecular flexibility index (Phi) is 6.41. The van der Waals surface area contributed by atoms with E-state index in [0.717, 1.165) is 32.2 Å². The van der Waals surface area contributed by atoms with Crippen LogP contribution in [0.4, 0.5) is 0 Å². The third-order valence-corrected chi connectivity index (χ3v) is 4.17. The smallest absolute Gasteiger partial charge is 0.0776 e. The van der Waals surface area contributed by atoms with E-state index in [1.165, 1.54) is 12.8 Å². The molecule has 1 fully saturated rings. The van der Waals surface area contributed by atoms with Crippen LogP contribution in [0.2, 0.25) is 0 Å². The van der Waals surface area contributed by atoms with Gasteiger partial charge in [0.1, 0.15) is 0 Å². The third-order valence-electron chi connectivity index (χ3n) is 4.17. The molecule has 1 aliphatic carbocycles. The fourth-order valence-electron chi connectivity index (χ4n) is 3.45. The molecule has 1 saturated carbocycles. The SMILES string of the molecule is NCCC1CCCC(CCN)(CC(O)CO)C1. The molecule has 0 saturated heterocycles. The normalized spacial score (nSPS) is 31.4. The van der Waals surface area contributed by atoms with Crippen molar-refractivity contribution in [1.82, 2.24) is 0 Å². The van der Waals surface area contributed by atoms with Crippen molar-refractivity contribution >= 4 is 0 Å². The van der Waals surface area contributed by atoms with Gasteiger partial charge in [-0.3, -0.25) is 0 Å². The van der Waals surface area contributed by atoms with Gasteiger partial charge < -0.3 is 21.7 Å². The summed E-state index contributed by atoms with van der Waals surface area (Å²) in [6, 6.07) is 0. The highest BCUT2D eigenvalue weighted by Crippen LogP contribution is 2.46. The molecule has 0 heterocycles. The predicted octanol–water partition coefficient (Wildman–Crippen LogP) is 0.604. The molecule has 4 nitrogen and oxygen atoms in total. The molecule has 1 aliphatic rings. The van der Waals surface area contributed by atoms with Crippen molar-refractivity contribution in [3.8, 4) is 0 Å². The van der Waals surface area contributed by atoms with E-state index in [1.807, 2.05) is 0 Å². The van der Waals surface area contributed by atoms with Crippen LogP contribution in [0.3, 0.4) is 0 Å². The van der Waals surface area contributed by atoms with Crippen LogP contribution in [-0.4, -0.2) is 36.0 Å². The van der Waals surface area contributed by atoms with Gasteiger partial charge in [0.05, 0.1) is 12.7 Å². The fraction of sp³-hybridized carbons (Fsp3) is 1.00. The Morgan fingerprint density at radius 2 is 2.06 bits per heavy atom. The van der Waals surface area contributed by atoms with Gasteiger partial charge in [-0.1, -0.05) is 12.8 Å². The van der Waals surface area contributed by atoms with Gasteiger partial charge >= 0.3 is 0 Å². The Bertz CT molecular complexity index is 208. The molecule has 0 aromatic rings. The van der Waals surface area contributed by atoms with Crippen molar-refractivity contribution in [3.05, 3.63) is 0 Å². The molecule has 0 spiro atoms. The van der Waals surface area contributed by atoms with E-state index >= 15 is 0 Å². The standard InChI is InChI=1S/C13H28N2O2/c14-6-3-11-2-1-4-13(8-11,5-7-15)9-12(17)10-16/h11-12,16-17H,1-10,14-15H2. The minimum Gasteiger partial charge on any atom is -0.394 e. The molecule has 0 amide bonds. The molecule has 102 valence electrons. The number of aliphatic hydroxyl groups is 2. The van der Waals surface area contributed by atoms with Crippen molar-refractivity contribution in [1.29, 1.82) is 0 Å². The van der Waals surface area contributed by atoms with Crippen LogP contribution in [0.25, 0.3) is 0 Å². The van der Waals surface area contributed by atoms with Crippen LogP contribution < -0.4 is 11.5 Å². The highest BCUT2D eigenvalue weighted by molar-refractivity contribution is 4.88. The first-order chi connectivity index (χ1) is 8.15. The van der Waals surface area contributed by atoms with Gasteiger partial charge in [0.2, 0.25) is 0 Å². The number of rotatable bonds is 7. The van der Waals surface area contributed by atoms with Crippen LogP contribution in [0.1, 0.15) is 44.9 Å². The van der Waals surface area contributed by atoms with Gasteiger partial charge in [-0.2, -0.15) is 0 Å². The van der Waals surface area contributed by atoms with E-state index in [1.54, 1.807) is 0 Å². The minimum absolute atomic E-state index is 0.134. The maximum Gasteiger partial charge on any atom is 0.0776 e. The van der Waals surface area contributed by atoms with Crippen LogP contribution in [-0.2, 0) is 0 Å². The summed E-state index contributed by atoms with van der Waals surface area (Å²) in [5.41, 5.74) is 11.5. The maximum absolute atomic E-state index is 9.70. The lowest BCUT2D eigenvalue weighted by molar-refractivity contribution is 0.0156. The number of nitrogens with two attached hydrogens (primary N) is 2. The van der Waals surface area contributed by atoms with E-state index < -0.39 is 6.10 Å². The Morgan fingerprint density at radius 3 is 2.65 bits per heavy atom. The largest absolute Gasteiger partial charge is 0.394 e. The quantitative estimate of drug-likeness (QED) is 0.528. The highest BCUT2D eigenvalue weighted by atomic mass is 16.3. The molecular formula is C13H28N2O2.